The van der Waals surface area contributed by atoms with Crippen molar-refractivity contribution in [2.24, 2.45) is 0 Å². The van der Waals surface area contributed by atoms with Crippen LogP contribution in [0.2, 0.25) is 0 Å². The highest BCUT2D eigenvalue weighted by Gasteiger charge is 2.06. The third-order valence-corrected chi connectivity index (χ3v) is 3.12. The lowest BCUT2D eigenvalue weighted by Gasteiger charge is -2.07. The predicted molar refractivity (Wildman–Crippen MR) is 81.8 cm³/mol. The Hall–Kier alpha value is -3.15. The Balaban J connectivity index is 1.79. The molecule has 6 heteroatoms. The summed E-state index contributed by atoms with van der Waals surface area (Å²) in [6.07, 6.45) is 1.55. The number of amides is 1. The van der Waals surface area contributed by atoms with Gasteiger partial charge in [0.2, 0.25) is 5.91 Å². The molecule has 3 rings (SSSR count). The minimum Gasteiger partial charge on any atom is -0.423 e. The predicted octanol–water partition coefficient (Wildman–Crippen LogP) is 1.59. The maximum atomic E-state index is 12.0. The second-order valence-electron chi connectivity index (χ2n) is 4.72. The van der Waals surface area contributed by atoms with Gasteiger partial charge in [0.15, 0.2) is 0 Å². The first-order chi connectivity index (χ1) is 10.6. The second kappa shape index (κ2) is 5.69. The number of hydrogen-bond acceptors (Lipinski definition) is 4. The lowest BCUT2D eigenvalue weighted by Crippen LogP contribution is -2.26. The van der Waals surface area contributed by atoms with Gasteiger partial charge in [-0.3, -0.25) is 9.59 Å². The van der Waals surface area contributed by atoms with E-state index in [0.717, 1.165) is 0 Å². The number of rotatable bonds is 3. The second-order valence-corrected chi connectivity index (χ2v) is 4.72. The summed E-state index contributed by atoms with van der Waals surface area (Å²) >= 11 is 0. The normalized spacial score (nSPS) is 10.5. The van der Waals surface area contributed by atoms with Gasteiger partial charge in [0.1, 0.15) is 12.1 Å². The number of carbonyl (C=O) groups is 1. The van der Waals surface area contributed by atoms with E-state index in [4.69, 9.17) is 4.42 Å². The summed E-state index contributed by atoms with van der Waals surface area (Å²) in [5.74, 6) is -0.315. The summed E-state index contributed by atoms with van der Waals surface area (Å²) in [5.41, 5.74) is 0.353. The van der Waals surface area contributed by atoms with Crippen molar-refractivity contribution in [1.82, 2.24) is 4.57 Å². The number of anilines is 1. The van der Waals surface area contributed by atoms with Gasteiger partial charge in [0, 0.05) is 29.4 Å². The molecular weight excluding hydrogens is 284 g/mol. The Bertz CT molecular complexity index is 956. The number of nitrogens with zero attached hydrogens (tertiary/aromatic N) is 1. The standard InChI is InChI=1S/C16H12N2O4/c19-14(10-18-8-2-1-3-15(18)20)17-12-5-6-13-11(9-12)4-7-16(21)22-13/h1-9H,10H2,(H,17,19). The highest BCUT2D eigenvalue weighted by Crippen LogP contribution is 2.17. The Labute approximate surface area is 124 Å². The van der Waals surface area contributed by atoms with E-state index >= 15 is 0 Å². The van der Waals surface area contributed by atoms with Crippen molar-refractivity contribution < 1.29 is 9.21 Å². The van der Waals surface area contributed by atoms with Crippen molar-refractivity contribution in [3.8, 4) is 0 Å². The highest BCUT2D eigenvalue weighted by atomic mass is 16.4. The van der Waals surface area contributed by atoms with Crippen LogP contribution in [0.1, 0.15) is 0 Å². The summed E-state index contributed by atoms with van der Waals surface area (Å²) in [4.78, 5) is 34.6. The molecule has 0 aliphatic rings. The molecule has 1 N–H and O–H groups in total. The molecule has 0 saturated heterocycles. The van der Waals surface area contributed by atoms with E-state index < -0.39 is 5.63 Å². The fourth-order valence-electron chi connectivity index (χ4n) is 2.10. The Morgan fingerprint density at radius 2 is 1.95 bits per heavy atom. The highest BCUT2D eigenvalue weighted by molar-refractivity contribution is 5.93. The van der Waals surface area contributed by atoms with Crippen LogP contribution in [0.25, 0.3) is 11.0 Å². The van der Waals surface area contributed by atoms with E-state index in [1.165, 1.54) is 16.7 Å². The third kappa shape index (κ3) is 2.95. The van der Waals surface area contributed by atoms with E-state index in [9.17, 15) is 14.4 Å². The molecule has 0 unspecified atom stereocenters. The molecule has 0 bridgehead atoms. The van der Waals surface area contributed by atoms with Crippen molar-refractivity contribution in [2.45, 2.75) is 6.54 Å². The molecule has 2 heterocycles. The zero-order chi connectivity index (χ0) is 15.5. The van der Waals surface area contributed by atoms with Gasteiger partial charge < -0.3 is 14.3 Å². The molecule has 0 atom stereocenters. The first-order valence-electron chi connectivity index (χ1n) is 6.61. The van der Waals surface area contributed by atoms with Crippen molar-refractivity contribution in [3.63, 3.8) is 0 Å². The van der Waals surface area contributed by atoms with Crippen molar-refractivity contribution >= 4 is 22.6 Å². The molecule has 1 amide bonds. The molecule has 0 saturated carbocycles. The Morgan fingerprint density at radius 1 is 1.09 bits per heavy atom. The maximum Gasteiger partial charge on any atom is 0.336 e. The average molecular weight is 296 g/mol. The molecule has 22 heavy (non-hydrogen) atoms. The smallest absolute Gasteiger partial charge is 0.336 e. The first kappa shape index (κ1) is 13.8. The van der Waals surface area contributed by atoms with Gasteiger partial charge in [-0.05, 0) is 30.3 Å². The maximum absolute atomic E-state index is 12.0. The molecule has 0 aliphatic carbocycles. The van der Waals surface area contributed by atoms with E-state index in [1.54, 1.807) is 42.6 Å². The number of fused-ring (bicyclic) bond motifs is 1. The SMILES string of the molecule is O=C(Cn1ccccc1=O)Nc1ccc2oc(=O)ccc2c1. The van der Waals surface area contributed by atoms with Gasteiger partial charge >= 0.3 is 5.63 Å². The fourth-order valence-corrected chi connectivity index (χ4v) is 2.10. The van der Waals surface area contributed by atoms with Gasteiger partial charge in [-0.2, -0.15) is 0 Å². The molecule has 1 aromatic carbocycles. The number of hydrogen-bond donors (Lipinski definition) is 1. The Morgan fingerprint density at radius 3 is 2.77 bits per heavy atom. The summed E-state index contributed by atoms with van der Waals surface area (Å²) in [5, 5.41) is 3.41. The fraction of sp³-hybridized carbons (Fsp3) is 0.0625. The molecule has 0 fully saturated rings. The zero-order valence-corrected chi connectivity index (χ0v) is 11.5. The van der Waals surface area contributed by atoms with Crippen LogP contribution in [0.3, 0.4) is 0 Å². The lowest BCUT2D eigenvalue weighted by molar-refractivity contribution is -0.116. The van der Waals surface area contributed by atoms with Crippen LogP contribution in [-0.2, 0) is 11.3 Å². The van der Waals surface area contributed by atoms with Crippen LogP contribution in [0, 0.1) is 0 Å². The molecule has 2 aromatic heterocycles. The van der Waals surface area contributed by atoms with Gasteiger partial charge in [-0.1, -0.05) is 6.07 Å². The van der Waals surface area contributed by atoms with Crippen LogP contribution >= 0.6 is 0 Å². The van der Waals surface area contributed by atoms with Crippen LogP contribution < -0.4 is 16.5 Å². The van der Waals surface area contributed by atoms with E-state index in [1.807, 2.05) is 0 Å². The molecule has 3 aromatic rings. The van der Waals surface area contributed by atoms with Crippen LogP contribution in [0.5, 0.6) is 0 Å². The quantitative estimate of drug-likeness (QED) is 0.744. The average Bonchev–Trinajstić information content (AvgIpc) is 2.50. The number of carbonyl (C=O) groups excluding carboxylic acids is 1. The number of nitrogens with one attached hydrogen (secondary N) is 1. The van der Waals surface area contributed by atoms with Crippen molar-refractivity contribution in [1.29, 1.82) is 0 Å². The summed E-state index contributed by atoms with van der Waals surface area (Å²) in [7, 11) is 0. The third-order valence-electron chi connectivity index (χ3n) is 3.12. The van der Waals surface area contributed by atoms with Gasteiger partial charge in [0.25, 0.3) is 5.56 Å². The van der Waals surface area contributed by atoms with Gasteiger partial charge in [0.05, 0.1) is 0 Å². The van der Waals surface area contributed by atoms with Crippen LogP contribution in [-0.4, -0.2) is 10.5 Å². The van der Waals surface area contributed by atoms with Crippen LogP contribution in [0.4, 0.5) is 5.69 Å². The minimum absolute atomic E-state index is 0.0679. The minimum atomic E-state index is -0.423. The Kier molecular flexibility index (Phi) is 3.57. The largest absolute Gasteiger partial charge is 0.423 e. The lowest BCUT2D eigenvalue weighted by atomic mass is 10.2. The van der Waals surface area contributed by atoms with E-state index in [0.29, 0.717) is 16.7 Å². The molecule has 6 nitrogen and oxygen atoms in total. The van der Waals surface area contributed by atoms with Gasteiger partial charge in [-0.25, -0.2) is 4.79 Å². The molecule has 110 valence electrons. The van der Waals surface area contributed by atoms with Crippen molar-refractivity contribution in [2.75, 3.05) is 5.32 Å². The summed E-state index contributed by atoms with van der Waals surface area (Å²) in [6, 6.07) is 12.6. The van der Waals surface area contributed by atoms with E-state index in [2.05, 4.69) is 5.32 Å². The number of pyridine rings is 1. The summed E-state index contributed by atoms with van der Waals surface area (Å²) in [6.45, 7) is -0.0679. The van der Waals surface area contributed by atoms with Crippen LogP contribution in [0.15, 0.2) is 68.7 Å². The summed E-state index contributed by atoms with van der Waals surface area (Å²) < 4.78 is 6.33. The molecule has 0 radical (unpaired) electrons. The monoisotopic (exact) mass is 296 g/mol. The molecular formula is C16H12N2O4. The van der Waals surface area contributed by atoms with E-state index in [-0.39, 0.29) is 18.0 Å². The van der Waals surface area contributed by atoms with Gasteiger partial charge in [-0.15, -0.1) is 0 Å². The number of aromatic nitrogens is 1. The topological polar surface area (TPSA) is 81.3 Å². The first-order valence-corrected chi connectivity index (χ1v) is 6.61. The zero-order valence-electron chi connectivity index (χ0n) is 11.5. The van der Waals surface area contributed by atoms with Crippen molar-refractivity contribution in [3.05, 3.63) is 75.5 Å². The molecule has 0 aliphatic heterocycles. The molecule has 0 spiro atoms. The number of benzene rings is 1.